The molecule has 1 saturated heterocycles. The van der Waals surface area contributed by atoms with Gasteiger partial charge in [0.1, 0.15) is 23.1 Å². The van der Waals surface area contributed by atoms with Crippen LogP contribution >= 0.6 is 24.8 Å². The maximum atomic E-state index is 14.5. The molecule has 2 aromatic rings. The Labute approximate surface area is 176 Å². The zero-order chi connectivity index (χ0) is 19.6. The van der Waals surface area contributed by atoms with E-state index in [9.17, 15) is 27.1 Å². The van der Waals surface area contributed by atoms with E-state index in [-0.39, 0.29) is 30.4 Å². The summed E-state index contributed by atoms with van der Waals surface area (Å²) in [6, 6.07) is 5.69. The maximum Gasteiger partial charge on any atom is 0.573 e. The molecule has 0 amide bonds. The second-order valence-electron chi connectivity index (χ2n) is 6.13. The predicted octanol–water partition coefficient (Wildman–Crippen LogP) is 4.41. The summed E-state index contributed by atoms with van der Waals surface area (Å²) in [4.78, 5) is 1.87. The third kappa shape index (κ3) is 6.33. The van der Waals surface area contributed by atoms with Crippen LogP contribution in [0.25, 0.3) is 0 Å². The lowest BCUT2D eigenvalue weighted by Crippen LogP contribution is -2.45. The molecule has 1 atom stereocenters. The van der Waals surface area contributed by atoms with Crippen LogP contribution in [0.5, 0.6) is 11.5 Å². The normalized spacial score (nSPS) is 15.8. The van der Waals surface area contributed by atoms with Gasteiger partial charge in [0.25, 0.3) is 0 Å². The standard InChI is InChI=1S/C18H17F5N2O2.2ClH/c19-12-9-14(20)16(15(26)10-12)17(25-7-5-24-6-8-25)11-1-3-13(4-2-11)27-18(21,22)23;;/h1-4,9-10,17,24,26H,5-8H2;2*1H/t17-;;/m0../s1. The molecule has 11 heteroatoms. The van der Waals surface area contributed by atoms with E-state index in [4.69, 9.17) is 0 Å². The van der Waals surface area contributed by atoms with E-state index in [1.807, 2.05) is 4.90 Å². The number of phenolic OH excluding ortho intramolecular Hbond substituents is 1. The van der Waals surface area contributed by atoms with Gasteiger partial charge in [0.15, 0.2) is 0 Å². The number of piperazine rings is 1. The minimum Gasteiger partial charge on any atom is -0.507 e. The van der Waals surface area contributed by atoms with E-state index in [0.29, 0.717) is 37.8 Å². The monoisotopic (exact) mass is 460 g/mol. The largest absolute Gasteiger partial charge is 0.573 e. The van der Waals surface area contributed by atoms with E-state index < -0.39 is 35.5 Å². The molecule has 4 nitrogen and oxygen atoms in total. The number of aromatic hydroxyl groups is 1. The van der Waals surface area contributed by atoms with Gasteiger partial charge in [-0.3, -0.25) is 4.90 Å². The first-order valence-corrected chi connectivity index (χ1v) is 8.23. The Morgan fingerprint density at radius 2 is 1.59 bits per heavy atom. The van der Waals surface area contributed by atoms with Crippen LogP contribution in [-0.2, 0) is 0 Å². The molecule has 162 valence electrons. The summed E-state index contributed by atoms with van der Waals surface area (Å²) in [6.45, 7) is 2.27. The van der Waals surface area contributed by atoms with Crippen LogP contribution in [0.15, 0.2) is 36.4 Å². The molecule has 2 N–H and O–H groups in total. The van der Waals surface area contributed by atoms with Crippen molar-refractivity contribution in [3.05, 3.63) is 59.2 Å². The lowest BCUT2D eigenvalue weighted by Gasteiger charge is -2.36. The Kier molecular flexibility index (Phi) is 8.95. The number of hydrogen-bond acceptors (Lipinski definition) is 4. The minimum atomic E-state index is -4.82. The van der Waals surface area contributed by atoms with Crippen molar-refractivity contribution in [2.24, 2.45) is 0 Å². The Morgan fingerprint density at radius 3 is 2.10 bits per heavy atom. The van der Waals surface area contributed by atoms with E-state index in [2.05, 4.69) is 10.1 Å². The summed E-state index contributed by atoms with van der Waals surface area (Å²) in [5.41, 5.74) is 0.329. The van der Waals surface area contributed by atoms with Crippen LogP contribution in [-0.4, -0.2) is 42.5 Å². The molecule has 1 aliphatic rings. The Morgan fingerprint density at radius 1 is 1.00 bits per heavy atom. The molecule has 0 unspecified atom stereocenters. The molecule has 1 aliphatic heterocycles. The fourth-order valence-corrected chi connectivity index (χ4v) is 3.19. The molecule has 0 spiro atoms. The van der Waals surface area contributed by atoms with Gasteiger partial charge in [0.05, 0.1) is 11.6 Å². The number of nitrogens with zero attached hydrogens (tertiary/aromatic N) is 1. The van der Waals surface area contributed by atoms with Gasteiger partial charge in [-0.05, 0) is 17.7 Å². The molecule has 1 heterocycles. The second kappa shape index (κ2) is 10.3. The van der Waals surface area contributed by atoms with Gasteiger partial charge >= 0.3 is 6.36 Å². The average molecular weight is 461 g/mol. The van der Waals surface area contributed by atoms with Crippen molar-refractivity contribution in [2.75, 3.05) is 26.2 Å². The van der Waals surface area contributed by atoms with Crippen molar-refractivity contribution in [3.63, 3.8) is 0 Å². The number of rotatable bonds is 4. The quantitative estimate of drug-likeness (QED) is 0.663. The Bertz CT molecular complexity index is 777. The van der Waals surface area contributed by atoms with E-state index in [0.717, 1.165) is 18.2 Å². The molecular formula is C18H19Cl2F5N2O2. The number of hydrogen-bond donors (Lipinski definition) is 2. The first-order valence-electron chi connectivity index (χ1n) is 8.23. The van der Waals surface area contributed by atoms with Crippen LogP contribution < -0.4 is 10.1 Å². The predicted molar refractivity (Wildman–Crippen MR) is 102 cm³/mol. The molecule has 0 radical (unpaired) electrons. The summed E-state index contributed by atoms with van der Waals surface area (Å²) in [5.74, 6) is -2.80. The highest BCUT2D eigenvalue weighted by Crippen LogP contribution is 2.37. The third-order valence-electron chi connectivity index (χ3n) is 4.29. The number of halogens is 7. The summed E-state index contributed by atoms with van der Waals surface area (Å²) in [6.07, 6.45) is -4.82. The number of alkyl halides is 3. The van der Waals surface area contributed by atoms with Gasteiger partial charge in [0.2, 0.25) is 0 Å². The third-order valence-corrected chi connectivity index (χ3v) is 4.29. The highest BCUT2D eigenvalue weighted by Gasteiger charge is 2.32. The van der Waals surface area contributed by atoms with Crippen molar-refractivity contribution in [2.45, 2.75) is 12.4 Å². The fraction of sp³-hybridized carbons (Fsp3) is 0.333. The lowest BCUT2D eigenvalue weighted by atomic mass is 9.95. The zero-order valence-electron chi connectivity index (χ0n) is 14.9. The summed E-state index contributed by atoms with van der Waals surface area (Å²) in [7, 11) is 0. The van der Waals surface area contributed by atoms with Gasteiger partial charge in [-0.25, -0.2) is 8.78 Å². The van der Waals surface area contributed by atoms with Crippen LogP contribution in [0.2, 0.25) is 0 Å². The van der Waals surface area contributed by atoms with Gasteiger partial charge < -0.3 is 15.2 Å². The molecular weight excluding hydrogens is 442 g/mol. The van der Waals surface area contributed by atoms with E-state index in [1.165, 1.54) is 12.1 Å². The van der Waals surface area contributed by atoms with Crippen LogP contribution in [0, 0.1) is 11.6 Å². The Hall–Kier alpha value is -1.81. The lowest BCUT2D eigenvalue weighted by molar-refractivity contribution is -0.274. The van der Waals surface area contributed by atoms with Gasteiger partial charge in [-0.15, -0.1) is 38.0 Å². The van der Waals surface area contributed by atoms with E-state index >= 15 is 0 Å². The van der Waals surface area contributed by atoms with E-state index in [1.54, 1.807) is 0 Å². The average Bonchev–Trinajstić information content (AvgIpc) is 2.58. The van der Waals surface area contributed by atoms with Gasteiger partial charge in [0, 0.05) is 38.3 Å². The first-order chi connectivity index (χ1) is 12.7. The maximum absolute atomic E-state index is 14.5. The molecule has 0 bridgehead atoms. The Balaban J connectivity index is 0.00000210. The zero-order valence-corrected chi connectivity index (χ0v) is 16.5. The van der Waals surface area contributed by atoms with Crippen molar-refractivity contribution in [1.29, 1.82) is 0 Å². The molecule has 3 rings (SSSR count). The highest BCUT2D eigenvalue weighted by molar-refractivity contribution is 5.85. The van der Waals surface area contributed by atoms with Crippen molar-refractivity contribution in [3.8, 4) is 11.5 Å². The van der Waals surface area contributed by atoms with Crippen molar-refractivity contribution < 1.29 is 31.8 Å². The summed E-state index contributed by atoms with van der Waals surface area (Å²) in [5, 5.41) is 13.3. The number of phenols is 1. The van der Waals surface area contributed by atoms with Crippen molar-refractivity contribution >= 4 is 24.8 Å². The van der Waals surface area contributed by atoms with Gasteiger partial charge in [-0.1, -0.05) is 12.1 Å². The smallest absolute Gasteiger partial charge is 0.507 e. The number of ether oxygens (including phenoxy) is 1. The summed E-state index contributed by atoms with van der Waals surface area (Å²) < 4.78 is 68.8. The molecule has 29 heavy (non-hydrogen) atoms. The molecule has 0 aromatic heterocycles. The number of nitrogens with one attached hydrogen (secondary N) is 1. The van der Waals surface area contributed by atoms with Gasteiger partial charge in [-0.2, -0.15) is 0 Å². The molecule has 0 aliphatic carbocycles. The topological polar surface area (TPSA) is 44.7 Å². The second-order valence-corrected chi connectivity index (χ2v) is 6.13. The molecule has 1 fully saturated rings. The molecule has 0 saturated carbocycles. The van der Waals surface area contributed by atoms with Crippen LogP contribution in [0.3, 0.4) is 0 Å². The highest BCUT2D eigenvalue weighted by atomic mass is 35.5. The number of benzene rings is 2. The summed E-state index contributed by atoms with van der Waals surface area (Å²) >= 11 is 0. The van der Waals surface area contributed by atoms with Crippen LogP contribution in [0.1, 0.15) is 17.2 Å². The molecule has 2 aromatic carbocycles. The minimum absolute atomic E-state index is 0. The first kappa shape index (κ1) is 25.2. The SMILES string of the molecule is Cl.Cl.Oc1cc(F)cc(F)c1[C@H](c1ccc(OC(F)(F)F)cc1)N1CCNCC1. The van der Waals surface area contributed by atoms with Crippen LogP contribution in [0.4, 0.5) is 22.0 Å². The fourth-order valence-electron chi connectivity index (χ4n) is 3.19. The van der Waals surface area contributed by atoms with Crippen molar-refractivity contribution in [1.82, 2.24) is 10.2 Å².